The van der Waals surface area contributed by atoms with Crippen molar-refractivity contribution in [1.82, 2.24) is 20.2 Å². The van der Waals surface area contributed by atoms with E-state index < -0.39 is 0 Å². The van der Waals surface area contributed by atoms with Crippen LogP contribution in [-0.2, 0) is 17.6 Å². The Bertz CT molecular complexity index is 1120. The number of hydrogen-bond donors (Lipinski definition) is 1. The SMILES string of the molecule is COc1ccccc1-n1nnnc1SCC(=O)Nc1sc2c(c1C#N)CCC(C)C2. The maximum absolute atomic E-state index is 12.6. The molecule has 1 unspecified atom stereocenters. The lowest BCUT2D eigenvalue weighted by Gasteiger charge is -2.17. The van der Waals surface area contributed by atoms with Gasteiger partial charge in [-0.05, 0) is 53.3 Å². The number of para-hydroxylation sites is 2. The van der Waals surface area contributed by atoms with Gasteiger partial charge in [0.2, 0.25) is 11.1 Å². The monoisotopic (exact) mass is 440 g/mol. The molecule has 8 nitrogen and oxygen atoms in total. The molecule has 0 bridgehead atoms. The zero-order valence-electron chi connectivity index (χ0n) is 16.6. The molecule has 154 valence electrons. The minimum atomic E-state index is -0.197. The molecule has 1 aromatic carbocycles. The van der Waals surface area contributed by atoms with Crippen molar-refractivity contribution >= 4 is 34.0 Å². The molecule has 0 radical (unpaired) electrons. The fourth-order valence-corrected chi connectivity index (χ4v) is 5.54. The molecule has 1 aliphatic carbocycles. The predicted molar refractivity (Wildman–Crippen MR) is 115 cm³/mol. The van der Waals surface area contributed by atoms with E-state index in [4.69, 9.17) is 4.74 Å². The van der Waals surface area contributed by atoms with Gasteiger partial charge in [0.05, 0.1) is 18.4 Å². The van der Waals surface area contributed by atoms with Crippen LogP contribution in [0.4, 0.5) is 5.00 Å². The highest BCUT2D eigenvalue weighted by atomic mass is 32.2. The number of nitrogens with one attached hydrogen (secondary N) is 1. The Morgan fingerprint density at radius 2 is 2.30 bits per heavy atom. The van der Waals surface area contributed by atoms with E-state index >= 15 is 0 Å². The summed E-state index contributed by atoms with van der Waals surface area (Å²) < 4.78 is 6.91. The number of hydrogen-bond acceptors (Lipinski definition) is 8. The summed E-state index contributed by atoms with van der Waals surface area (Å²) in [4.78, 5) is 13.8. The molecule has 3 aromatic rings. The van der Waals surface area contributed by atoms with Gasteiger partial charge in [-0.25, -0.2) is 0 Å². The third-order valence-electron chi connectivity index (χ3n) is 4.96. The van der Waals surface area contributed by atoms with E-state index in [2.05, 4.69) is 33.8 Å². The second-order valence-electron chi connectivity index (χ2n) is 7.05. The fourth-order valence-electron chi connectivity index (χ4n) is 3.47. The first-order valence-electron chi connectivity index (χ1n) is 9.49. The number of nitrogens with zero attached hydrogens (tertiary/aromatic N) is 5. The van der Waals surface area contributed by atoms with E-state index in [0.29, 0.717) is 33.1 Å². The maximum atomic E-state index is 12.6. The van der Waals surface area contributed by atoms with E-state index in [9.17, 15) is 10.1 Å². The van der Waals surface area contributed by atoms with Crippen LogP contribution < -0.4 is 10.1 Å². The van der Waals surface area contributed by atoms with E-state index in [1.54, 1.807) is 11.8 Å². The average Bonchev–Trinajstić information content (AvgIpc) is 3.35. The number of carbonyl (C=O) groups excluding carboxylic acids is 1. The van der Waals surface area contributed by atoms with Crippen LogP contribution in [0, 0.1) is 17.2 Å². The molecule has 0 saturated carbocycles. The Labute approximate surface area is 182 Å². The Hall–Kier alpha value is -2.90. The number of fused-ring (bicyclic) bond motifs is 1. The molecule has 4 rings (SSSR count). The van der Waals surface area contributed by atoms with Gasteiger partial charge in [-0.15, -0.1) is 16.4 Å². The van der Waals surface area contributed by atoms with Gasteiger partial charge in [0.1, 0.15) is 22.5 Å². The molecule has 0 spiro atoms. The van der Waals surface area contributed by atoms with Crippen molar-refractivity contribution in [3.8, 4) is 17.5 Å². The van der Waals surface area contributed by atoms with Crippen LogP contribution in [0.2, 0.25) is 0 Å². The van der Waals surface area contributed by atoms with Crippen LogP contribution >= 0.6 is 23.1 Å². The summed E-state index contributed by atoms with van der Waals surface area (Å²) in [6.45, 7) is 2.22. The first-order chi connectivity index (χ1) is 14.6. The minimum absolute atomic E-state index is 0.124. The molecule has 2 aromatic heterocycles. The molecule has 1 atom stereocenters. The third kappa shape index (κ3) is 4.04. The van der Waals surface area contributed by atoms with Gasteiger partial charge in [0.15, 0.2) is 0 Å². The quantitative estimate of drug-likeness (QED) is 0.585. The number of thiophene rings is 1. The van der Waals surface area contributed by atoms with Gasteiger partial charge in [0, 0.05) is 4.88 Å². The van der Waals surface area contributed by atoms with Crippen LogP contribution in [-0.4, -0.2) is 39.0 Å². The van der Waals surface area contributed by atoms with Crippen molar-refractivity contribution in [3.05, 3.63) is 40.3 Å². The standard InChI is InChI=1S/C20H20N6O2S2/c1-12-7-8-13-14(10-21)19(30-17(13)9-12)22-18(27)11-29-20-23-24-25-26(20)15-5-3-4-6-16(15)28-2/h3-6,12H,7-9,11H2,1-2H3,(H,22,27). The lowest BCUT2D eigenvalue weighted by molar-refractivity contribution is -0.113. The van der Waals surface area contributed by atoms with Crippen LogP contribution in [0.5, 0.6) is 5.75 Å². The third-order valence-corrected chi connectivity index (χ3v) is 7.05. The van der Waals surface area contributed by atoms with Crippen molar-refractivity contribution in [3.63, 3.8) is 0 Å². The number of anilines is 1. The Balaban J connectivity index is 1.46. The number of ether oxygens (including phenoxy) is 1. The van der Waals surface area contributed by atoms with Crippen molar-refractivity contribution in [2.45, 2.75) is 31.3 Å². The van der Waals surface area contributed by atoms with E-state index in [-0.39, 0.29) is 11.7 Å². The van der Waals surface area contributed by atoms with Crippen molar-refractivity contribution in [1.29, 1.82) is 5.26 Å². The highest BCUT2D eigenvalue weighted by Gasteiger charge is 2.25. The minimum Gasteiger partial charge on any atom is -0.494 e. The molecule has 1 aliphatic rings. The smallest absolute Gasteiger partial charge is 0.235 e. The van der Waals surface area contributed by atoms with E-state index in [1.807, 2.05) is 24.3 Å². The largest absolute Gasteiger partial charge is 0.494 e. The molecule has 1 amide bonds. The highest BCUT2D eigenvalue weighted by Crippen LogP contribution is 2.39. The summed E-state index contributed by atoms with van der Waals surface area (Å²) in [5, 5.41) is 25.4. The zero-order valence-corrected chi connectivity index (χ0v) is 18.2. The molecule has 1 N–H and O–H groups in total. The number of amides is 1. The highest BCUT2D eigenvalue weighted by molar-refractivity contribution is 7.99. The maximum Gasteiger partial charge on any atom is 0.235 e. The molecule has 30 heavy (non-hydrogen) atoms. The summed E-state index contributed by atoms with van der Waals surface area (Å²) >= 11 is 2.75. The second kappa shape index (κ2) is 8.85. The van der Waals surface area contributed by atoms with Crippen molar-refractivity contribution < 1.29 is 9.53 Å². The molecule has 0 saturated heterocycles. The summed E-state index contributed by atoms with van der Waals surface area (Å²) in [6, 6.07) is 9.67. The number of methoxy groups -OCH3 is 1. The summed E-state index contributed by atoms with van der Waals surface area (Å²) in [6.07, 6.45) is 2.94. The van der Waals surface area contributed by atoms with Gasteiger partial charge in [0.25, 0.3) is 0 Å². The Morgan fingerprint density at radius 1 is 1.47 bits per heavy atom. The normalized spacial score (nSPS) is 15.3. The topological polar surface area (TPSA) is 106 Å². The lowest BCUT2D eigenvalue weighted by Crippen LogP contribution is -2.15. The Kier molecular flexibility index (Phi) is 6.01. The molecule has 0 fully saturated rings. The first-order valence-corrected chi connectivity index (χ1v) is 11.3. The van der Waals surface area contributed by atoms with Gasteiger partial charge < -0.3 is 10.1 Å². The van der Waals surface area contributed by atoms with Crippen LogP contribution in [0.3, 0.4) is 0 Å². The second-order valence-corrected chi connectivity index (χ2v) is 9.10. The van der Waals surface area contributed by atoms with Gasteiger partial charge in [-0.1, -0.05) is 30.8 Å². The summed E-state index contributed by atoms with van der Waals surface area (Å²) in [7, 11) is 1.58. The zero-order chi connectivity index (χ0) is 21.1. The molecule has 2 heterocycles. The van der Waals surface area contributed by atoms with Crippen LogP contribution in [0.1, 0.15) is 29.3 Å². The summed E-state index contributed by atoms with van der Waals surface area (Å²) in [5.41, 5.74) is 2.41. The van der Waals surface area contributed by atoms with Gasteiger partial charge >= 0.3 is 0 Å². The number of carbonyl (C=O) groups is 1. The Morgan fingerprint density at radius 3 is 3.10 bits per heavy atom. The number of tetrazole rings is 1. The van der Waals surface area contributed by atoms with Crippen molar-refractivity contribution in [2.75, 3.05) is 18.2 Å². The number of aromatic nitrogens is 4. The average molecular weight is 441 g/mol. The number of nitriles is 1. The first kappa shape index (κ1) is 20.4. The number of rotatable bonds is 6. The lowest BCUT2D eigenvalue weighted by atomic mass is 9.89. The molecular weight excluding hydrogens is 420 g/mol. The van der Waals surface area contributed by atoms with E-state index in [1.165, 1.54) is 28.0 Å². The molecule has 0 aliphatic heterocycles. The molecular formula is C20H20N6O2S2. The van der Waals surface area contributed by atoms with Crippen LogP contribution in [0.25, 0.3) is 5.69 Å². The van der Waals surface area contributed by atoms with Crippen LogP contribution in [0.15, 0.2) is 29.4 Å². The number of thioether (sulfide) groups is 1. The predicted octanol–water partition coefficient (Wildman–Crippen LogP) is 3.46. The fraction of sp³-hybridized carbons (Fsp3) is 0.350. The van der Waals surface area contributed by atoms with E-state index in [0.717, 1.165) is 24.8 Å². The summed E-state index contributed by atoms with van der Waals surface area (Å²) in [5.74, 6) is 1.17. The molecule has 10 heteroatoms. The van der Waals surface area contributed by atoms with Gasteiger partial charge in [-0.3, -0.25) is 4.79 Å². The number of benzene rings is 1. The van der Waals surface area contributed by atoms with Gasteiger partial charge in [-0.2, -0.15) is 9.94 Å². The van der Waals surface area contributed by atoms with Crippen molar-refractivity contribution in [2.24, 2.45) is 5.92 Å².